The maximum absolute atomic E-state index is 12.3. The predicted octanol–water partition coefficient (Wildman–Crippen LogP) is 3.95. The molecule has 3 aliphatic rings. The van der Waals surface area contributed by atoms with E-state index in [4.69, 9.17) is 11.6 Å². The molecule has 1 amide bonds. The van der Waals surface area contributed by atoms with Crippen molar-refractivity contribution in [2.75, 3.05) is 29.9 Å². The van der Waals surface area contributed by atoms with Gasteiger partial charge < -0.3 is 10.2 Å². The van der Waals surface area contributed by atoms with Gasteiger partial charge in [-0.3, -0.25) is 9.69 Å². The van der Waals surface area contributed by atoms with Crippen LogP contribution in [0.15, 0.2) is 42.6 Å². The van der Waals surface area contributed by atoms with Crippen LogP contribution in [0, 0.1) is 0 Å². The Morgan fingerprint density at radius 3 is 2.86 bits per heavy atom. The van der Waals surface area contributed by atoms with Gasteiger partial charge in [-0.05, 0) is 54.2 Å². The average Bonchev–Trinajstić information content (AvgIpc) is 3.20. The van der Waals surface area contributed by atoms with Crippen LogP contribution in [-0.2, 0) is 11.3 Å². The SMILES string of the molecule is O=C1Nc2cc(CN3CC=C(c4ccc(Cl)cc4)CC3)cnc2N2CCC[C@H]12. The molecule has 28 heavy (non-hydrogen) atoms. The van der Waals surface area contributed by atoms with Gasteiger partial charge in [-0.25, -0.2) is 4.98 Å². The zero-order chi connectivity index (χ0) is 19.1. The van der Waals surface area contributed by atoms with Crippen molar-refractivity contribution < 1.29 is 4.79 Å². The zero-order valence-corrected chi connectivity index (χ0v) is 16.5. The number of rotatable bonds is 3. The molecule has 0 radical (unpaired) electrons. The lowest BCUT2D eigenvalue weighted by Crippen LogP contribution is -2.44. The van der Waals surface area contributed by atoms with Crippen LogP contribution in [0.5, 0.6) is 0 Å². The first-order valence-corrected chi connectivity index (χ1v) is 10.3. The second kappa shape index (κ2) is 7.22. The molecule has 0 saturated carbocycles. The summed E-state index contributed by atoms with van der Waals surface area (Å²) in [7, 11) is 0. The van der Waals surface area contributed by atoms with Crippen molar-refractivity contribution in [3.63, 3.8) is 0 Å². The van der Waals surface area contributed by atoms with Crippen LogP contribution in [0.3, 0.4) is 0 Å². The molecule has 0 bridgehead atoms. The maximum Gasteiger partial charge on any atom is 0.247 e. The largest absolute Gasteiger partial charge is 0.343 e. The third-order valence-corrected chi connectivity index (χ3v) is 6.18. The Labute approximate surface area is 170 Å². The van der Waals surface area contributed by atoms with Gasteiger partial charge in [0.05, 0.1) is 5.69 Å². The van der Waals surface area contributed by atoms with Crippen LogP contribution in [0.4, 0.5) is 11.5 Å². The van der Waals surface area contributed by atoms with E-state index >= 15 is 0 Å². The quantitative estimate of drug-likeness (QED) is 0.856. The van der Waals surface area contributed by atoms with Gasteiger partial charge >= 0.3 is 0 Å². The Bertz CT molecular complexity index is 940. The number of benzene rings is 1. The molecule has 0 spiro atoms. The first kappa shape index (κ1) is 17.7. The van der Waals surface area contributed by atoms with E-state index < -0.39 is 0 Å². The molecule has 1 saturated heterocycles. The predicted molar refractivity (Wildman–Crippen MR) is 113 cm³/mol. The molecule has 5 nitrogen and oxygen atoms in total. The first-order valence-electron chi connectivity index (χ1n) is 9.91. The standard InChI is InChI=1S/C22H23ClN4O/c23-18-5-3-16(4-6-18)17-7-10-26(11-8-17)14-15-12-19-21(24-13-15)27-9-1-2-20(27)22(28)25-19/h3-7,12-13,20H,1-2,8-11,14H2,(H,25,28)/t20-/m1/s1. The van der Waals surface area contributed by atoms with E-state index in [1.165, 1.54) is 11.1 Å². The lowest BCUT2D eigenvalue weighted by atomic mass is 9.99. The Morgan fingerprint density at radius 2 is 2.07 bits per heavy atom. The number of carbonyl (C=O) groups is 1. The normalized spacial score (nSPS) is 21.8. The molecule has 1 aromatic heterocycles. The van der Waals surface area contributed by atoms with Crippen molar-refractivity contribution in [2.24, 2.45) is 0 Å². The lowest BCUT2D eigenvalue weighted by molar-refractivity contribution is -0.117. The summed E-state index contributed by atoms with van der Waals surface area (Å²) in [5, 5.41) is 3.83. The van der Waals surface area contributed by atoms with E-state index in [-0.39, 0.29) is 11.9 Å². The molecule has 1 atom stereocenters. The number of halogens is 1. The van der Waals surface area contributed by atoms with Crippen molar-refractivity contribution in [3.8, 4) is 0 Å². The van der Waals surface area contributed by atoms with Gasteiger partial charge in [0.25, 0.3) is 0 Å². The maximum atomic E-state index is 12.3. The minimum Gasteiger partial charge on any atom is -0.343 e. The number of hydrogen-bond acceptors (Lipinski definition) is 4. The molecule has 6 heteroatoms. The fourth-order valence-electron chi connectivity index (χ4n) is 4.46. The zero-order valence-electron chi connectivity index (χ0n) is 15.7. The van der Waals surface area contributed by atoms with E-state index in [9.17, 15) is 4.79 Å². The minimum atomic E-state index is -0.0376. The van der Waals surface area contributed by atoms with Crippen LogP contribution in [-0.4, -0.2) is 41.5 Å². The molecular formula is C22H23ClN4O. The Balaban J connectivity index is 1.28. The van der Waals surface area contributed by atoms with Gasteiger partial charge in [0.2, 0.25) is 5.91 Å². The third-order valence-electron chi connectivity index (χ3n) is 5.92. The first-order chi connectivity index (χ1) is 13.7. The Hall–Kier alpha value is -2.37. The van der Waals surface area contributed by atoms with E-state index in [1.807, 2.05) is 18.3 Å². The van der Waals surface area contributed by atoms with Gasteiger partial charge in [-0.15, -0.1) is 0 Å². The Kier molecular flexibility index (Phi) is 4.57. The highest BCUT2D eigenvalue weighted by molar-refractivity contribution is 6.30. The second-order valence-corrected chi connectivity index (χ2v) is 8.21. The van der Waals surface area contributed by atoms with Crippen LogP contribution < -0.4 is 10.2 Å². The molecule has 3 aliphatic heterocycles. The molecule has 1 fully saturated rings. The fraction of sp³-hybridized carbons (Fsp3) is 0.364. The van der Waals surface area contributed by atoms with Crippen LogP contribution >= 0.6 is 11.6 Å². The number of nitrogens with one attached hydrogen (secondary N) is 1. The second-order valence-electron chi connectivity index (χ2n) is 7.78. The topological polar surface area (TPSA) is 48.5 Å². The summed E-state index contributed by atoms with van der Waals surface area (Å²) in [5.74, 6) is 1.03. The van der Waals surface area contributed by atoms with Crippen LogP contribution in [0.2, 0.25) is 5.02 Å². The van der Waals surface area contributed by atoms with Gasteiger partial charge in [-0.1, -0.05) is 29.8 Å². The third kappa shape index (κ3) is 3.29. The summed E-state index contributed by atoms with van der Waals surface area (Å²) >= 11 is 5.99. The highest BCUT2D eigenvalue weighted by atomic mass is 35.5. The van der Waals surface area contributed by atoms with Gasteiger partial charge in [0.15, 0.2) is 5.82 Å². The van der Waals surface area contributed by atoms with Crippen LogP contribution in [0.1, 0.15) is 30.4 Å². The highest BCUT2D eigenvalue weighted by Crippen LogP contribution is 2.35. The van der Waals surface area contributed by atoms with Crippen molar-refractivity contribution in [2.45, 2.75) is 31.8 Å². The summed E-state index contributed by atoms with van der Waals surface area (Å²) in [4.78, 5) is 21.6. The summed E-state index contributed by atoms with van der Waals surface area (Å²) in [6.07, 6.45) is 7.26. The van der Waals surface area contributed by atoms with Crippen LogP contribution in [0.25, 0.3) is 5.57 Å². The summed E-state index contributed by atoms with van der Waals surface area (Å²) in [5.41, 5.74) is 4.63. The number of carbonyl (C=O) groups excluding carboxylic acids is 1. The molecule has 4 heterocycles. The Morgan fingerprint density at radius 1 is 1.21 bits per heavy atom. The number of amides is 1. The number of nitrogens with zero attached hydrogens (tertiary/aromatic N) is 3. The number of hydrogen-bond donors (Lipinski definition) is 1. The molecule has 1 aromatic carbocycles. The molecule has 1 N–H and O–H groups in total. The smallest absolute Gasteiger partial charge is 0.247 e. The van der Waals surface area contributed by atoms with Gasteiger partial charge in [0, 0.05) is 37.4 Å². The van der Waals surface area contributed by atoms with E-state index in [2.05, 4.69) is 44.4 Å². The summed E-state index contributed by atoms with van der Waals surface area (Å²) in [6.45, 7) is 3.67. The number of pyridine rings is 1. The van der Waals surface area contributed by atoms with E-state index in [0.29, 0.717) is 0 Å². The van der Waals surface area contributed by atoms with E-state index in [0.717, 1.165) is 67.5 Å². The molecular weight excluding hydrogens is 372 g/mol. The van der Waals surface area contributed by atoms with E-state index in [1.54, 1.807) is 0 Å². The summed E-state index contributed by atoms with van der Waals surface area (Å²) in [6, 6.07) is 10.1. The van der Waals surface area contributed by atoms with Gasteiger partial charge in [-0.2, -0.15) is 0 Å². The monoisotopic (exact) mass is 394 g/mol. The van der Waals surface area contributed by atoms with Crippen molar-refractivity contribution >= 4 is 34.6 Å². The lowest BCUT2D eigenvalue weighted by Gasteiger charge is -2.32. The molecule has 0 aliphatic carbocycles. The molecule has 2 aromatic rings. The molecule has 0 unspecified atom stereocenters. The number of anilines is 2. The van der Waals surface area contributed by atoms with Crippen molar-refractivity contribution in [1.29, 1.82) is 0 Å². The average molecular weight is 395 g/mol. The molecule has 5 rings (SSSR count). The van der Waals surface area contributed by atoms with Crippen molar-refractivity contribution in [1.82, 2.24) is 9.88 Å². The minimum absolute atomic E-state index is 0.0376. The number of aromatic nitrogens is 1. The highest BCUT2D eigenvalue weighted by Gasteiger charge is 2.37. The fourth-order valence-corrected chi connectivity index (χ4v) is 4.58. The number of fused-ring (bicyclic) bond motifs is 3. The molecule has 144 valence electrons. The van der Waals surface area contributed by atoms with Crippen molar-refractivity contribution in [3.05, 3.63) is 58.8 Å². The van der Waals surface area contributed by atoms with Gasteiger partial charge in [0.1, 0.15) is 6.04 Å². The summed E-state index contributed by atoms with van der Waals surface area (Å²) < 4.78 is 0.